The summed E-state index contributed by atoms with van der Waals surface area (Å²) in [6.07, 6.45) is 6.72. The highest BCUT2D eigenvalue weighted by Gasteiger charge is 2.01. The lowest BCUT2D eigenvalue weighted by atomic mass is 10.1. The van der Waals surface area contributed by atoms with Crippen LogP contribution in [0, 0.1) is 6.92 Å². The Labute approximate surface area is 115 Å². The number of carbonyl (C=O) groups excluding carboxylic acids is 2. The van der Waals surface area contributed by atoms with Crippen LogP contribution in [0.5, 0.6) is 0 Å². The van der Waals surface area contributed by atoms with Crippen molar-refractivity contribution < 1.29 is 9.59 Å². The number of H-pyrrole nitrogens is 1. The number of nitrogens with zero attached hydrogens (tertiary/aromatic N) is 2. The van der Waals surface area contributed by atoms with Gasteiger partial charge in [0.05, 0.1) is 0 Å². The summed E-state index contributed by atoms with van der Waals surface area (Å²) in [6.45, 7) is 2.05. The highest BCUT2D eigenvalue weighted by atomic mass is 16.2. The van der Waals surface area contributed by atoms with E-state index < -0.39 is 0 Å². The lowest BCUT2D eigenvalue weighted by Crippen LogP contribution is -1.89. The normalized spacial score (nSPS) is 9.65. The van der Waals surface area contributed by atoms with E-state index in [4.69, 9.17) is 9.59 Å². The lowest BCUT2D eigenvalue weighted by molar-refractivity contribution is -0.191. The van der Waals surface area contributed by atoms with Crippen molar-refractivity contribution in [2.24, 2.45) is 0 Å². The van der Waals surface area contributed by atoms with Crippen LogP contribution in [0.3, 0.4) is 0 Å². The van der Waals surface area contributed by atoms with Crippen molar-refractivity contribution in [3.63, 3.8) is 0 Å². The zero-order valence-electron chi connectivity index (χ0n) is 11.0. The standard InChI is InChI=1S/C14H13N3.CO2/c1-10-6-13-8-12(9-16-14(13)17-10)7-11-2-4-15-5-3-11;2-1-3/h2-6,8-9H,7H2,1H3,(H,16,17);. The van der Waals surface area contributed by atoms with Gasteiger partial charge in [-0.2, -0.15) is 9.59 Å². The maximum atomic E-state index is 8.12. The van der Waals surface area contributed by atoms with Gasteiger partial charge in [-0.25, -0.2) is 4.98 Å². The third kappa shape index (κ3) is 3.37. The molecule has 0 saturated heterocycles. The van der Waals surface area contributed by atoms with Gasteiger partial charge in [-0.05, 0) is 48.7 Å². The molecule has 0 atom stereocenters. The topological polar surface area (TPSA) is 75.7 Å². The minimum atomic E-state index is 0.250. The van der Waals surface area contributed by atoms with Crippen LogP contribution in [0.1, 0.15) is 16.8 Å². The number of aryl methyl sites for hydroxylation is 1. The van der Waals surface area contributed by atoms with Gasteiger partial charge in [0.1, 0.15) is 5.65 Å². The average molecular weight is 267 g/mol. The number of pyridine rings is 2. The Bertz CT molecular complexity index is 729. The Balaban J connectivity index is 0.000000452. The summed E-state index contributed by atoms with van der Waals surface area (Å²) in [4.78, 5) is 27.9. The smallest absolute Gasteiger partial charge is 0.344 e. The van der Waals surface area contributed by atoms with Gasteiger partial charge >= 0.3 is 6.15 Å². The molecule has 0 saturated carbocycles. The molecule has 0 aliphatic rings. The molecular formula is C15H13N3O2. The fourth-order valence-electron chi connectivity index (χ4n) is 2.03. The molecule has 5 nitrogen and oxygen atoms in total. The molecule has 3 aromatic heterocycles. The molecule has 3 heterocycles. The van der Waals surface area contributed by atoms with Crippen molar-refractivity contribution >= 4 is 17.2 Å². The van der Waals surface area contributed by atoms with Gasteiger partial charge in [-0.3, -0.25) is 4.98 Å². The van der Waals surface area contributed by atoms with Crippen LogP contribution in [-0.2, 0) is 16.0 Å². The van der Waals surface area contributed by atoms with Gasteiger partial charge < -0.3 is 4.98 Å². The first-order valence-electron chi connectivity index (χ1n) is 6.05. The fourth-order valence-corrected chi connectivity index (χ4v) is 2.03. The summed E-state index contributed by atoms with van der Waals surface area (Å²) in [5.41, 5.74) is 4.59. The van der Waals surface area contributed by atoms with Crippen molar-refractivity contribution in [3.05, 3.63) is 59.7 Å². The quantitative estimate of drug-likeness (QED) is 0.772. The molecule has 0 fully saturated rings. The van der Waals surface area contributed by atoms with Crippen molar-refractivity contribution in [3.8, 4) is 0 Å². The van der Waals surface area contributed by atoms with E-state index in [1.54, 1.807) is 0 Å². The average Bonchev–Trinajstić information content (AvgIpc) is 2.80. The minimum absolute atomic E-state index is 0.250. The monoisotopic (exact) mass is 267 g/mol. The number of aromatic amines is 1. The molecule has 0 radical (unpaired) electrons. The van der Waals surface area contributed by atoms with E-state index in [9.17, 15) is 0 Å². The molecule has 5 heteroatoms. The first kappa shape index (κ1) is 13.6. The highest BCUT2D eigenvalue weighted by molar-refractivity contribution is 5.77. The molecule has 1 N–H and O–H groups in total. The number of rotatable bonds is 2. The van der Waals surface area contributed by atoms with E-state index in [0.29, 0.717) is 0 Å². The Kier molecular flexibility index (Phi) is 4.37. The second-order valence-electron chi connectivity index (χ2n) is 4.35. The molecular weight excluding hydrogens is 254 g/mol. The summed E-state index contributed by atoms with van der Waals surface area (Å²) in [5.74, 6) is 0. The van der Waals surface area contributed by atoms with E-state index in [1.807, 2.05) is 37.6 Å². The van der Waals surface area contributed by atoms with Crippen LogP contribution in [0.15, 0.2) is 42.9 Å². The van der Waals surface area contributed by atoms with Crippen molar-refractivity contribution in [1.82, 2.24) is 15.0 Å². The van der Waals surface area contributed by atoms with Crippen LogP contribution in [-0.4, -0.2) is 21.1 Å². The maximum Gasteiger partial charge on any atom is 0.373 e. The summed E-state index contributed by atoms with van der Waals surface area (Å²) < 4.78 is 0. The van der Waals surface area contributed by atoms with Gasteiger partial charge in [-0.15, -0.1) is 0 Å². The molecule has 0 bridgehead atoms. The molecule has 0 amide bonds. The van der Waals surface area contributed by atoms with Crippen LogP contribution in [0.2, 0.25) is 0 Å². The van der Waals surface area contributed by atoms with Gasteiger partial charge in [0.2, 0.25) is 0 Å². The highest BCUT2D eigenvalue weighted by Crippen LogP contribution is 2.16. The Morgan fingerprint density at radius 3 is 2.55 bits per heavy atom. The molecule has 100 valence electrons. The van der Waals surface area contributed by atoms with Crippen LogP contribution in [0.4, 0.5) is 0 Å². The van der Waals surface area contributed by atoms with Crippen LogP contribution in [0.25, 0.3) is 11.0 Å². The second-order valence-corrected chi connectivity index (χ2v) is 4.35. The molecule has 20 heavy (non-hydrogen) atoms. The zero-order valence-corrected chi connectivity index (χ0v) is 11.0. The summed E-state index contributed by atoms with van der Waals surface area (Å²) in [5, 5.41) is 1.18. The minimum Gasteiger partial charge on any atom is -0.344 e. The van der Waals surface area contributed by atoms with Crippen LogP contribution >= 0.6 is 0 Å². The van der Waals surface area contributed by atoms with Crippen molar-refractivity contribution in [2.75, 3.05) is 0 Å². The van der Waals surface area contributed by atoms with Crippen molar-refractivity contribution in [1.29, 1.82) is 0 Å². The van der Waals surface area contributed by atoms with E-state index in [0.717, 1.165) is 17.8 Å². The van der Waals surface area contributed by atoms with Gasteiger partial charge in [-0.1, -0.05) is 0 Å². The molecule has 0 unspecified atom stereocenters. The fraction of sp³-hybridized carbons (Fsp3) is 0.133. The maximum absolute atomic E-state index is 8.12. The SMILES string of the molecule is Cc1cc2cc(Cc3ccncc3)cnc2[nH]1.O=C=O. The van der Waals surface area contributed by atoms with Gasteiger partial charge in [0, 0.05) is 29.7 Å². The number of fused-ring (bicyclic) bond motifs is 1. The van der Waals surface area contributed by atoms with E-state index in [-0.39, 0.29) is 6.15 Å². The number of hydrogen-bond acceptors (Lipinski definition) is 4. The summed E-state index contributed by atoms with van der Waals surface area (Å²) in [7, 11) is 0. The largest absolute Gasteiger partial charge is 0.373 e. The second kappa shape index (κ2) is 6.41. The number of aromatic nitrogens is 3. The summed E-state index contributed by atoms with van der Waals surface area (Å²) in [6, 6.07) is 8.38. The predicted octanol–water partition coefficient (Wildman–Crippen LogP) is 2.27. The first-order chi connectivity index (χ1) is 9.72. The molecule has 3 rings (SSSR count). The number of hydrogen-bond donors (Lipinski definition) is 1. The Morgan fingerprint density at radius 1 is 1.15 bits per heavy atom. The molecule has 0 aliphatic heterocycles. The Hall–Kier alpha value is -2.78. The van der Waals surface area contributed by atoms with Crippen molar-refractivity contribution in [2.45, 2.75) is 13.3 Å². The van der Waals surface area contributed by atoms with Gasteiger partial charge in [0.15, 0.2) is 0 Å². The predicted molar refractivity (Wildman–Crippen MR) is 72.9 cm³/mol. The van der Waals surface area contributed by atoms with E-state index >= 15 is 0 Å². The molecule has 3 aromatic rings. The van der Waals surface area contributed by atoms with E-state index in [1.165, 1.54) is 16.5 Å². The van der Waals surface area contributed by atoms with Gasteiger partial charge in [0.25, 0.3) is 0 Å². The third-order valence-electron chi connectivity index (χ3n) is 2.82. The lowest BCUT2D eigenvalue weighted by Gasteiger charge is -2.00. The Morgan fingerprint density at radius 2 is 1.85 bits per heavy atom. The third-order valence-corrected chi connectivity index (χ3v) is 2.82. The zero-order chi connectivity index (χ0) is 14.4. The number of nitrogens with one attached hydrogen (secondary N) is 1. The molecule has 0 spiro atoms. The van der Waals surface area contributed by atoms with Crippen LogP contribution < -0.4 is 0 Å². The van der Waals surface area contributed by atoms with E-state index in [2.05, 4.69) is 27.1 Å². The first-order valence-corrected chi connectivity index (χ1v) is 6.05. The molecule has 0 aliphatic carbocycles. The molecule has 0 aromatic carbocycles. The summed E-state index contributed by atoms with van der Waals surface area (Å²) >= 11 is 0.